The first-order valence-corrected chi connectivity index (χ1v) is 13.8. The Morgan fingerprint density at radius 3 is 1.86 bits per heavy atom. The highest BCUT2D eigenvalue weighted by atomic mass is 19.4. The van der Waals surface area contributed by atoms with Crippen molar-refractivity contribution in [3.05, 3.63) is 99.9 Å². The summed E-state index contributed by atoms with van der Waals surface area (Å²) in [5.41, 5.74) is -0.657. The molecule has 1 atom stereocenters. The molecule has 2 aromatic carbocycles. The molecular weight excluding hydrogens is 558 g/mol. The highest BCUT2D eigenvalue weighted by Crippen LogP contribution is 2.30. The molecule has 0 aliphatic heterocycles. The third-order valence-electron chi connectivity index (χ3n) is 6.73. The van der Waals surface area contributed by atoms with Crippen molar-refractivity contribution in [1.29, 1.82) is 0 Å². The minimum absolute atomic E-state index is 0.00710. The summed E-state index contributed by atoms with van der Waals surface area (Å²) in [7, 11) is 0. The molecule has 0 spiro atoms. The largest absolute Gasteiger partial charge is 0.416 e. The first kappa shape index (κ1) is 33.0. The van der Waals surface area contributed by atoms with Gasteiger partial charge >= 0.3 is 12.4 Å². The average Bonchev–Trinajstić information content (AvgIpc) is 2.96. The minimum Gasteiger partial charge on any atom is -0.387 e. The van der Waals surface area contributed by atoms with Crippen molar-refractivity contribution in [2.75, 3.05) is 19.6 Å². The highest BCUT2D eigenvalue weighted by Gasteiger charge is 2.31. The number of benzene rings is 2. The summed E-state index contributed by atoms with van der Waals surface area (Å²) in [6, 6.07) is 11.3. The number of ketones is 1. The molecule has 226 valence electrons. The number of hydrogen-bond donors (Lipinski definition) is 1. The lowest BCUT2D eigenvalue weighted by Gasteiger charge is -2.25. The van der Waals surface area contributed by atoms with Gasteiger partial charge < -0.3 is 10.0 Å². The van der Waals surface area contributed by atoms with Crippen LogP contribution in [0.25, 0.3) is 12.2 Å². The van der Waals surface area contributed by atoms with Gasteiger partial charge in [-0.3, -0.25) is 4.79 Å². The lowest BCUT2D eigenvalue weighted by molar-refractivity contribution is -0.138. The number of aliphatic hydroxyl groups excluding tert-OH is 1. The van der Waals surface area contributed by atoms with Crippen LogP contribution in [-0.4, -0.2) is 40.4 Å². The number of nitrogens with zero attached hydrogens (tertiary/aromatic N) is 2. The van der Waals surface area contributed by atoms with Gasteiger partial charge in [-0.25, -0.2) is 4.98 Å². The van der Waals surface area contributed by atoms with Crippen LogP contribution >= 0.6 is 0 Å². The Morgan fingerprint density at radius 1 is 0.833 bits per heavy atom. The van der Waals surface area contributed by atoms with E-state index in [-0.39, 0.29) is 17.0 Å². The van der Waals surface area contributed by atoms with Crippen molar-refractivity contribution in [3.63, 3.8) is 0 Å². The maximum Gasteiger partial charge on any atom is 0.416 e. The molecule has 1 heterocycles. The third-order valence-corrected chi connectivity index (χ3v) is 6.73. The fourth-order valence-electron chi connectivity index (χ4n) is 4.30. The lowest BCUT2D eigenvalue weighted by atomic mass is 10.0. The molecular formula is C32H34F6N2O2. The van der Waals surface area contributed by atoms with Gasteiger partial charge in [0.2, 0.25) is 5.78 Å². The normalized spacial score (nSPS) is 13.2. The smallest absolute Gasteiger partial charge is 0.387 e. The third kappa shape index (κ3) is 9.52. The van der Waals surface area contributed by atoms with Crippen molar-refractivity contribution >= 4 is 17.9 Å². The average molecular weight is 593 g/mol. The van der Waals surface area contributed by atoms with E-state index in [0.29, 0.717) is 17.7 Å². The second-order valence-electron chi connectivity index (χ2n) is 10.1. The molecule has 42 heavy (non-hydrogen) atoms. The number of aromatic nitrogens is 1. The number of pyridine rings is 1. The molecule has 0 fully saturated rings. The van der Waals surface area contributed by atoms with Crippen LogP contribution in [0.15, 0.2) is 60.7 Å². The minimum atomic E-state index is -4.55. The number of halogens is 6. The van der Waals surface area contributed by atoms with Gasteiger partial charge in [-0.15, -0.1) is 0 Å². The molecule has 1 aromatic heterocycles. The SMILES string of the molecule is CCCCN(CCCC)CC(O)c1cc(/C=C/c2ccc(C(F)(F)F)cc2)nc(C(=O)c2ccc(C(F)(F)F)cc2)c1. The van der Waals surface area contributed by atoms with Gasteiger partial charge in [-0.1, -0.05) is 57.0 Å². The number of carbonyl (C=O) groups excluding carboxylic acids is 1. The molecule has 0 aliphatic carbocycles. The molecule has 3 aromatic rings. The topological polar surface area (TPSA) is 53.4 Å². The maximum atomic E-state index is 13.3. The van der Waals surface area contributed by atoms with Crippen LogP contribution in [0.3, 0.4) is 0 Å². The van der Waals surface area contributed by atoms with Crippen LogP contribution in [0.2, 0.25) is 0 Å². The van der Waals surface area contributed by atoms with Crippen molar-refractivity contribution in [2.24, 2.45) is 0 Å². The van der Waals surface area contributed by atoms with Crippen LogP contribution in [-0.2, 0) is 12.4 Å². The second-order valence-corrected chi connectivity index (χ2v) is 10.1. The number of aliphatic hydroxyl groups is 1. The van der Waals surface area contributed by atoms with Crippen LogP contribution in [0.4, 0.5) is 26.3 Å². The quantitative estimate of drug-likeness (QED) is 0.160. The van der Waals surface area contributed by atoms with Crippen LogP contribution < -0.4 is 0 Å². The first-order valence-electron chi connectivity index (χ1n) is 13.8. The van der Waals surface area contributed by atoms with Gasteiger partial charge in [0.1, 0.15) is 5.69 Å². The van der Waals surface area contributed by atoms with E-state index >= 15 is 0 Å². The molecule has 0 bridgehead atoms. The Bertz CT molecular complexity index is 1330. The van der Waals surface area contributed by atoms with Crippen molar-refractivity contribution < 1.29 is 36.2 Å². The maximum absolute atomic E-state index is 13.3. The highest BCUT2D eigenvalue weighted by molar-refractivity contribution is 6.08. The van der Waals surface area contributed by atoms with Gasteiger partial charge in [0.15, 0.2) is 0 Å². The summed E-state index contributed by atoms with van der Waals surface area (Å²) in [6.07, 6.45) is -3.10. The summed E-state index contributed by atoms with van der Waals surface area (Å²) >= 11 is 0. The molecule has 0 aliphatic rings. The van der Waals surface area contributed by atoms with E-state index in [1.54, 1.807) is 6.07 Å². The number of rotatable bonds is 13. The fourth-order valence-corrected chi connectivity index (χ4v) is 4.30. The van der Waals surface area contributed by atoms with E-state index in [0.717, 1.165) is 75.2 Å². The molecule has 0 saturated carbocycles. The number of hydrogen-bond acceptors (Lipinski definition) is 4. The molecule has 0 amide bonds. The number of carbonyl (C=O) groups is 1. The Morgan fingerprint density at radius 2 is 1.36 bits per heavy atom. The summed E-state index contributed by atoms with van der Waals surface area (Å²) in [5, 5.41) is 11.2. The predicted molar refractivity (Wildman–Crippen MR) is 151 cm³/mol. The zero-order valence-electron chi connectivity index (χ0n) is 23.5. The van der Waals surface area contributed by atoms with Crippen LogP contribution in [0.1, 0.15) is 89.6 Å². The van der Waals surface area contributed by atoms with Gasteiger partial charge in [-0.05, 0) is 79.5 Å². The zero-order valence-corrected chi connectivity index (χ0v) is 23.5. The van der Waals surface area contributed by atoms with E-state index in [1.165, 1.54) is 30.4 Å². The van der Waals surface area contributed by atoms with E-state index in [9.17, 15) is 36.2 Å². The molecule has 0 radical (unpaired) electrons. The van der Waals surface area contributed by atoms with Crippen molar-refractivity contribution in [3.8, 4) is 0 Å². The van der Waals surface area contributed by atoms with Crippen molar-refractivity contribution in [2.45, 2.75) is 58.0 Å². The molecule has 1 N–H and O–H groups in total. The Kier molecular flexibility index (Phi) is 11.5. The summed E-state index contributed by atoms with van der Waals surface area (Å²) in [5.74, 6) is -0.629. The number of alkyl halides is 6. The van der Waals surface area contributed by atoms with Gasteiger partial charge in [0, 0.05) is 12.1 Å². The van der Waals surface area contributed by atoms with Crippen LogP contribution in [0, 0.1) is 0 Å². The van der Waals surface area contributed by atoms with Crippen molar-refractivity contribution in [1.82, 2.24) is 9.88 Å². The van der Waals surface area contributed by atoms with E-state index in [1.807, 2.05) is 0 Å². The van der Waals surface area contributed by atoms with Gasteiger partial charge in [0.05, 0.1) is 22.9 Å². The number of unbranched alkanes of at least 4 members (excludes halogenated alkanes) is 2. The Hall–Kier alpha value is -3.50. The zero-order chi connectivity index (χ0) is 30.9. The Balaban J connectivity index is 1.96. The van der Waals surface area contributed by atoms with Crippen LogP contribution in [0.5, 0.6) is 0 Å². The summed E-state index contributed by atoms with van der Waals surface area (Å²) in [4.78, 5) is 19.8. The van der Waals surface area contributed by atoms with E-state index < -0.39 is 35.4 Å². The molecule has 10 heteroatoms. The lowest BCUT2D eigenvalue weighted by Crippen LogP contribution is -2.31. The molecule has 4 nitrogen and oxygen atoms in total. The first-order chi connectivity index (χ1) is 19.8. The molecule has 1 unspecified atom stereocenters. The Labute approximate surface area is 241 Å². The standard InChI is InChI=1S/C32H34F6N2O2/c1-3-5-17-40(18-6-4-2)21-29(41)24-19-27(16-9-22-7-12-25(13-8-22)31(33,34)35)39-28(20-24)30(42)23-10-14-26(15-11-23)32(36,37)38/h7-16,19-20,29,41H,3-6,17-18,21H2,1-2H3/b16-9+. The van der Waals surface area contributed by atoms with E-state index in [2.05, 4.69) is 23.7 Å². The monoisotopic (exact) mass is 592 g/mol. The predicted octanol–water partition coefficient (Wildman–Crippen LogP) is 8.46. The fraction of sp³-hybridized carbons (Fsp3) is 0.375. The van der Waals surface area contributed by atoms with Gasteiger partial charge in [-0.2, -0.15) is 26.3 Å². The second kappa shape index (κ2) is 14.6. The summed E-state index contributed by atoms with van der Waals surface area (Å²) < 4.78 is 77.8. The molecule has 3 rings (SSSR count). The molecule has 0 saturated heterocycles. The van der Waals surface area contributed by atoms with Gasteiger partial charge in [0.25, 0.3) is 0 Å². The van der Waals surface area contributed by atoms with E-state index in [4.69, 9.17) is 0 Å². The summed E-state index contributed by atoms with van der Waals surface area (Å²) in [6.45, 7) is 6.03.